The molecule has 0 unspecified atom stereocenters. The molecule has 0 N–H and O–H groups in total. The highest BCUT2D eigenvalue weighted by Crippen LogP contribution is 2.05. The Balaban J connectivity index is 2.93. The van der Waals surface area contributed by atoms with Crippen LogP contribution in [-0.4, -0.2) is 10.5 Å². The van der Waals surface area contributed by atoms with E-state index in [-0.39, 0.29) is 5.17 Å². The number of amides is 1. The number of carbonyl (C=O) groups excluding carboxylic acids is 1. The Morgan fingerprint density at radius 2 is 1.75 bits per heavy atom. The van der Waals surface area contributed by atoms with Gasteiger partial charge in [0.05, 0.1) is 0 Å². The minimum atomic E-state index is -0.816. The molecule has 0 heterocycles. The van der Waals surface area contributed by atoms with Crippen LogP contribution in [0.5, 0.6) is 0 Å². The first-order valence-corrected chi connectivity index (χ1v) is 3.95. The Morgan fingerprint density at radius 1 is 1.17 bits per heavy atom. The molecule has 12 heavy (non-hydrogen) atoms. The lowest BCUT2D eigenvalue weighted by atomic mass is 10.2. The molecule has 0 aromatic heterocycles. The lowest BCUT2D eigenvalue weighted by Crippen LogP contribution is -1.92. The van der Waals surface area contributed by atoms with Gasteiger partial charge in [-0.2, -0.15) is 4.99 Å². The summed E-state index contributed by atoms with van der Waals surface area (Å²) in [5, 5.41) is -0.709. The van der Waals surface area contributed by atoms with Crippen LogP contribution in [-0.2, 0) is 0 Å². The Kier molecular flexibility index (Phi) is 3.26. The van der Waals surface area contributed by atoms with Gasteiger partial charge in [0.25, 0.3) is 0 Å². The third kappa shape index (κ3) is 2.64. The van der Waals surface area contributed by atoms with Crippen LogP contribution in [0.3, 0.4) is 0 Å². The van der Waals surface area contributed by atoms with Crippen molar-refractivity contribution in [3.8, 4) is 0 Å². The van der Waals surface area contributed by atoms with E-state index in [0.717, 1.165) is 0 Å². The van der Waals surface area contributed by atoms with Gasteiger partial charge in [-0.3, -0.25) is 4.79 Å². The topological polar surface area (TPSA) is 29.4 Å². The lowest BCUT2D eigenvalue weighted by molar-refractivity contribution is 0.266. The largest absolute Gasteiger partial charge is 0.341 e. The molecule has 1 amide bonds. The molecule has 0 bridgehead atoms. The minimum Gasteiger partial charge on any atom is -0.253 e. The SMILES string of the molecule is O=C(Cl)/N=C(/Cl)c1ccccc1. The lowest BCUT2D eigenvalue weighted by Gasteiger charge is -1.93. The second kappa shape index (κ2) is 4.24. The zero-order chi connectivity index (χ0) is 8.97. The van der Waals surface area contributed by atoms with Crippen molar-refractivity contribution >= 4 is 33.7 Å². The molecular weight excluding hydrogens is 197 g/mol. The van der Waals surface area contributed by atoms with Gasteiger partial charge in [-0.25, -0.2) is 0 Å². The molecule has 0 atom stereocenters. The van der Waals surface area contributed by atoms with E-state index in [0.29, 0.717) is 5.56 Å². The highest BCUT2D eigenvalue weighted by atomic mass is 35.5. The Hall–Kier alpha value is -0.860. The number of aliphatic imine (C=N–C) groups is 1. The number of benzene rings is 1. The maximum atomic E-state index is 10.3. The van der Waals surface area contributed by atoms with Crippen LogP contribution in [0.4, 0.5) is 4.79 Å². The molecular formula is C8H5Cl2NO. The van der Waals surface area contributed by atoms with Gasteiger partial charge in [-0.1, -0.05) is 41.9 Å². The van der Waals surface area contributed by atoms with Gasteiger partial charge in [-0.15, -0.1) is 0 Å². The van der Waals surface area contributed by atoms with E-state index >= 15 is 0 Å². The quantitative estimate of drug-likeness (QED) is 0.391. The van der Waals surface area contributed by atoms with Crippen molar-refractivity contribution < 1.29 is 4.79 Å². The number of hydrogen-bond acceptors (Lipinski definition) is 1. The maximum absolute atomic E-state index is 10.3. The molecule has 0 aliphatic carbocycles. The Bertz CT molecular complexity index is 308. The normalized spacial score (nSPS) is 11.3. The fraction of sp³-hybridized carbons (Fsp3) is 0. The first-order valence-electron chi connectivity index (χ1n) is 3.19. The van der Waals surface area contributed by atoms with E-state index in [2.05, 4.69) is 4.99 Å². The summed E-state index contributed by atoms with van der Waals surface area (Å²) in [4.78, 5) is 13.7. The average molecular weight is 202 g/mol. The van der Waals surface area contributed by atoms with E-state index in [9.17, 15) is 4.79 Å². The molecule has 0 radical (unpaired) electrons. The van der Waals surface area contributed by atoms with Gasteiger partial charge in [0.2, 0.25) is 0 Å². The monoisotopic (exact) mass is 201 g/mol. The number of rotatable bonds is 1. The second-order valence-corrected chi connectivity index (χ2v) is 2.70. The average Bonchev–Trinajstić information content (AvgIpc) is 2.05. The number of halogens is 2. The van der Waals surface area contributed by atoms with E-state index < -0.39 is 5.37 Å². The summed E-state index contributed by atoms with van der Waals surface area (Å²) < 4.78 is 0. The smallest absolute Gasteiger partial charge is 0.253 e. The zero-order valence-electron chi connectivity index (χ0n) is 6.00. The van der Waals surface area contributed by atoms with Gasteiger partial charge in [-0.05, 0) is 11.6 Å². The van der Waals surface area contributed by atoms with Crippen LogP contribution < -0.4 is 0 Å². The third-order valence-electron chi connectivity index (χ3n) is 1.20. The van der Waals surface area contributed by atoms with Gasteiger partial charge in [0, 0.05) is 5.56 Å². The van der Waals surface area contributed by atoms with Gasteiger partial charge in [0.1, 0.15) is 5.17 Å². The summed E-state index contributed by atoms with van der Waals surface area (Å²) in [6.07, 6.45) is 0. The van der Waals surface area contributed by atoms with E-state index in [4.69, 9.17) is 23.2 Å². The van der Waals surface area contributed by atoms with Crippen LogP contribution in [0.2, 0.25) is 0 Å². The van der Waals surface area contributed by atoms with Crippen LogP contribution >= 0.6 is 23.2 Å². The van der Waals surface area contributed by atoms with Crippen molar-refractivity contribution in [3.63, 3.8) is 0 Å². The van der Waals surface area contributed by atoms with Crippen LogP contribution in [0.15, 0.2) is 35.3 Å². The molecule has 2 nitrogen and oxygen atoms in total. The van der Waals surface area contributed by atoms with Gasteiger partial charge >= 0.3 is 5.37 Å². The first-order chi connectivity index (χ1) is 5.70. The molecule has 0 aliphatic heterocycles. The highest BCUT2D eigenvalue weighted by molar-refractivity contribution is 6.73. The van der Waals surface area contributed by atoms with Gasteiger partial charge in [0.15, 0.2) is 0 Å². The maximum Gasteiger partial charge on any atom is 0.341 e. The van der Waals surface area contributed by atoms with Crippen molar-refractivity contribution in [1.82, 2.24) is 0 Å². The summed E-state index contributed by atoms with van der Waals surface area (Å²) in [5.41, 5.74) is 0.674. The molecule has 62 valence electrons. The third-order valence-corrected chi connectivity index (χ3v) is 1.59. The van der Waals surface area contributed by atoms with E-state index in [1.54, 1.807) is 24.3 Å². The second-order valence-electron chi connectivity index (χ2n) is 2.02. The van der Waals surface area contributed by atoms with Crippen molar-refractivity contribution in [3.05, 3.63) is 35.9 Å². The number of carbonyl (C=O) groups is 1. The predicted molar refractivity (Wildman–Crippen MR) is 50.1 cm³/mol. The number of hydrogen-bond donors (Lipinski definition) is 0. The molecule has 4 heteroatoms. The summed E-state index contributed by atoms with van der Waals surface area (Å²) in [7, 11) is 0. The van der Waals surface area contributed by atoms with Crippen LogP contribution in [0.1, 0.15) is 5.56 Å². The molecule has 0 saturated heterocycles. The summed E-state index contributed by atoms with van der Waals surface area (Å²) in [6.45, 7) is 0. The van der Waals surface area contributed by atoms with Crippen molar-refractivity contribution in [2.45, 2.75) is 0 Å². The minimum absolute atomic E-state index is 0.107. The van der Waals surface area contributed by atoms with Crippen molar-refractivity contribution in [2.75, 3.05) is 0 Å². The highest BCUT2D eigenvalue weighted by Gasteiger charge is 1.99. The summed E-state index contributed by atoms with van der Waals surface area (Å²) in [5.74, 6) is 0. The Morgan fingerprint density at radius 3 is 2.25 bits per heavy atom. The fourth-order valence-electron chi connectivity index (χ4n) is 0.717. The van der Waals surface area contributed by atoms with E-state index in [1.807, 2.05) is 6.07 Å². The molecule has 0 aliphatic rings. The van der Waals surface area contributed by atoms with Gasteiger partial charge < -0.3 is 0 Å². The summed E-state index contributed by atoms with van der Waals surface area (Å²) >= 11 is 10.7. The van der Waals surface area contributed by atoms with Crippen molar-refractivity contribution in [2.24, 2.45) is 4.99 Å². The molecule has 1 aromatic carbocycles. The molecule has 0 fully saturated rings. The molecule has 0 spiro atoms. The standard InChI is InChI=1S/C8H5Cl2NO/c9-7(11-8(10)12)6-4-2-1-3-5-6/h1-5H/b11-7+. The molecule has 1 aromatic rings. The Labute approximate surface area is 79.8 Å². The van der Waals surface area contributed by atoms with Crippen molar-refractivity contribution in [1.29, 1.82) is 0 Å². The molecule has 1 rings (SSSR count). The van der Waals surface area contributed by atoms with Crippen LogP contribution in [0.25, 0.3) is 0 Å². The van der Waals surface area contributed by atoms with Crippen LogP contribution in [0, 0.1) is 0 Å². The molecule has 0 saturated carbocycles. The number of nitrogens with zero attached hydrogens (tertiary/aromatic N) is 1. The zero-order valence-corrected chi connectivity index (χ0v) is 7.51. The first kappa shape index (κ1) is 9.23. The predicted octanol–water partition coefficient (Wildman–Crippen LogP) is 3.03. The van der Waals surface area contributed by atoms with E-state index in [1.165, 1.54) is 0 Å². The fourth-order valence-corrected chi connectivity index (χ4v) is 1.05. The summed E-state index contributed by atoms with van der Waals surface area (Å²) in [6, 6.07) is 8.92.